The maximum Gasteiger partial charge on any atom is 0.231 e. The van der Waals surface area contributed by atoms with E-state index in [0.717, 1.165) is 12.0 Å². The van der Waals surface area contributed by atoms with Crippen LogP contribution in [0.15, 0.2) is 30.3 Å². The van der Waals surface area contributed by atoms with Gasteiger partial charge in [0.1, 0.15) is 0 Å². The van der Waals surface area contributed by atoms with Crippen molar-refractivity contribution in [3.63, 3.8) is 0 Å². The Morgan fingerprint density at radius 2 is 2.21 bits per heavy atom. The number of nitrogens with two attached hydrogens (primary N) is 1. The van der Waals surface area contributed by atoms with E-state index < -0.39 is 0 Å². The van der Waals surface area contributed by atoms with Gasteiger partial charge >= 0.3 is 0 Å². The van der Waals surface area contributed by atoms with Crippen LogP contribution >= 0.6 is 0 Å². The van der Waals surface area contributed by atoms with Crippen LogP contribution in [0.5, 0.6) is 0 Å². The molecule has 0 radical (unpaired) electrons. The Balaban J connectivity index is 2.08. The normalized spacial score (nSPS) is 21.2. The third-order valence-corrected chi connectivity index (χ3v) is 3.64. The Labute approximate surface area is 114 Å². The highest BCUT2D eigenvalue weighted by atomic mass is 16.5. The van der Waals surface area contributed by atoms with Crippen molar-refractivity contribution in [3.05, 3.63) is 35.9 Å². The fraction of sp³-hybridized carbons (Fsp3) is 0.533. The summed E-state index contributed by atoms with van der Waals surface area (Å²) in [7, 11) is 0. The smallest absolute Gasteiger partial charge is 0.231 e. The van der Waals surface area contributed by atoms with E-state index in [1.807, 2.05) is 35.2 Å². The van der Waals surface area contributed by atoms with Gasteiger partial charge in [0.25, 0.3) is 0 Å². The predicted molar refractivity (Wildman–Crippen MR) is 74.8 cm³/mol. The van der Waals surface area contributed by atoms with E-state index in [4.69, 9.17) is 10.5 Å². The van der Waals surface area contributed by atoms with E-state index in [1.54, 1.807) is 0 Å². The van der Waals surface area contributed by atoms with Gasteiger partial charge in [0.05, 0.1) is 18.6 Å². The van der Waals surface area contributed by atoms with Crippen LogP contribution in [-0.2, 0) is 9.53 Å². The minimum absolute atomic E-state index is 0.121. The molecule has 1 saturated heterocycles. The highest BCUT2D eigenvalue weighted by Crippen LogP contribution is 2.19. The maximum atomic E-state index is 12.6. The number of hydrogen-bond acceptors (Lipinski definition) is 3. The summed E-state index contributed by atoms with van der Waals surface area (Å²) in [6.45, 7) is 4.39. The minimum Gasteiger partial charge on any atom is -0.375 e. The summed E-state index contributed by atoms with van der Waals surface area (Å²) in [5, 5.41) is 0. The molecule has 1 amide bonds. The second-order valence-electron chi connectivity index (χ2n) is 4.88. The molecular weight excluding hydrogens is 240 g/mol. The lowest BCUT2D eigenvalue weighted by Gasteiger charge is -2.34. The molecule has 1 fully saturated rings. The fourth-order valence-corrected chi connectivity index (χ4v) is 2.45. The number of amides is 1. The number of hydrogen-bond donors (Lipinski definition) is 1. The molecule has 1 aliphatic rings. The molecule has 1 aliphatic heterocycles. The molecule has 1 aromatic rings. The van der Waals surface area contributed by atoms with Crippen molar-refractivity contribution in [2.45, 2.75) is 25.4 Å². The first-order valence-electron chi connectivity index (χ1n) is 6.91. The predicted octanol–water partition coefficient (Wildman–Crippen LogP) is 1.37. The molecule has 4 heteroatoms. The van der Waals surface area contributed by atoms with Crippen LogP contribution < -0.4 is 5.73 Å². The summed E-state index contributed by atoms with van der Waals surface area (Å²) in [4.78, 5) is 14.5. The highest BCUT2D eigenvalue weighted by Gasteiger charge is 2.28. The lowest BCUT2D eigenvalue weighted by atomic mass is 9.97. The van der Waals surface area contributed by atoms with Crippen LogP contribution in [0.1, 0.15) is 24.8 Å². The minimum atomic E-state index is -0.239. The Hall–Kier alpha value is -1.39. The second-order valence-corrected chi connectivity index (χ2v) is 4.88. The Kier molecular flexibility index (Phi) is 4.93. The lowest BCUT2D eigenvalue weighted by Crippen LogP contribution is -2.48. The molecular formula is C15H22N2O2. The topological polar surface area (TPSA) is 55.6 Å². The SMILES string of the molecule is CC[C@H]1CN(C(=O)[C@@H](CN)c2ccccc2)CCO1. The molecule has 0 bridgehead atoms. The van der Waals surface area contributed by atoms with E-state index in [0.29, 0.717) is 26.2 Å². The van der Waals surface area contributed by atoms with Gasteiger partial charge in [0.15, 0.2) is 0 Å². The van der Waals surface area contributed by atoms with Gasteiger partial charge in [0.2, 0.25) is 5.91 Å². The molecule has 2 atom stereocenters. The molecule has 2 N–H and O–H groups in total. The summed E-state index contributed by atoms with van der Waals surface area (Å²) in [6.07, 6.45) is 1.09. The highest BCUT2D eigenvalue weighted by molar-refractivity contribution is 5.84. The Bertz CT molecular complexity index is 408. The van der Waals surface area contributed by atoms with Gasteiger partial charge in [-0.25, -0.2) is 0 Å². The first-order valence-corrected chi connectivity index (χ1v) is 6.91. The fourth-order valence-electron chi connectivity index (χ4n) is 2.45. The number of benzene rings is 1. The largest absolute Gasteiger partial charge is 0.375 e. The molecule has 0 saturated carbocycles. The van der Waals surface area contributed by atoms with Crippen LogP contribution in [0.4, 0.5) is 0 Å². The van der Waals surface area contributed by atoms with E-state index in [9.17, 15) is 4.79 Å². The van der Waals surface area contributed by atoms with E-state index in [1.165, 1.54) is 0 Å². The zero-order chi connectivity index (χ0) is 13.7. The number of rotatable bonds is 4. The van der Waals surface area contributed by atoms with Crippen molar-refractivity contribution in [1.82, 2.24) is 4.90 Å². The number of nitrogens with zero attached hydrogens (tertiary/aromatic N) is 1. The number of carbonyl (C=O) groups excluding carboxylic acids is 1. The molecule has 0 aliphatic carbocycles. The standard InChI is InChI=1S/C15H22N2O2/c1-2-13-11-17(8-9-19-13)15(18)14(10-16)12-6-4-3-5-7-12/h3-7,13-14H,2,8-11,16H2,1H3/t13-,14-/m0/s1. The van der Waals surface area contributed by atoms with E-state index in [-0.39, 0.29) is 17.9 Å². The van der Waals surface area contributed by atoms with Gasteiger partial charge < -0.3 is 15.4 Å². The van der Waals surface area contributed by atoms with Gasteiger partial charge in [-0.1, -0.05) is 37.3 Å². The van der Waals surface area contributed by atoms with Crippen molar-refractivity contribution in [2.24, 2.45) is 5.73 Å². The van der Waals surface area contributed by atoms with E-state index >= 15 is 0 Å². The first kappa shape index (κ1) is 14.0. The number of carbonyl (C=O) groups is 1. The van der Waals surface area contributed by atoms with Gasteiger partial charge in [-0.3, -0.25) is 4.79 Å². The van der Waals surface area contributed by atoms with Crippen LogP contribution in [0.3, 0.4) is 0 Å². The van der Waals surface area contributed by atoms with E-state index in [2.05, 4.69) is 6.92 Å². The molecule has 1 aromatic carbocycles. The van der Waals surface area contributed by atoms with Crippen LogP contribution in [0, 0.1) is 0 Å². The molecule has 0 spiro atoms. The van der Waals surface area contributed by atoms with Gasteiger partial charge in [-0.15, -0.1) is 0 Å². The van der Waals surface area contributed by atoms with Crippen molar-refractivity contribution < 1.29 is 9.53 Å². The summed E-state index contributed by atoms with van der Waals surface area (Å²) >= 11 is 0. The summed E-state index contributed by atoms with van der Waals surface area (Å²) in [5.74, 6) is -0.118. The average molecular weight is 262 g/mol. The summed E-state index contributed by atoms with van der Waals surface area (Å²) in [5.41, 5.74) is 6.80. The Morgan fingerprint density at radius 1 is 1.47 bits per heavy atom. The van der Waals surface area contributed by atoms with Crippen molar-refractivity contribution in [3.8, 4) is 0 Å². The molecule has 1 heterocycles. The molecule has 19 heavy (non-hydrogen) atoms. The first-order chi connectivity index (χ1) is 9.26. The maximum absolute atomic E-state index is 12.6. The average Bonchev–Trinajstić information content (AvgIpc) is 2.49. The van der Waals surface area contributed by atoms with Crippen molar-refractivity contribution in [2.75, 3.05) is 26.2 Å². The Morgan fingerprint density at radius 3 is 2.84 bits per heavy atom. The van der Waals surface area contributed by atoms with Gasteiger partial charge in [0, 0.05) is 19.6 Å². The lowest BCUT2D eigenvalue weighted by molar-refractivity contribution is -0.140. The molecule has 0 unspecified atom stereocenters. The molecule has 0 aromatic heterocycles. The van der Waals surface area contributed by atoms with Crippen LogP contribution in [0.25, 0.3) is 0 Å². The second kappa shape index (κ2) is 6.68. The van der Waals surface area contributed by atoms with Gasteiger partial charge in [-0.2, -0.15) is 0 Å². The third-order valence-electron chi connectivity index (χ3n) is 3.64. The summed E-state index contributed by atoms with van der Waals surface area (Å²) in [6, 6.07) is 9.77. The van der Waals surface area contributed by atoms with Crippen LogP contribution in [-0.4, -0.2) is 43.2 Å². The third kappa shape index (κ3) is 3.33. The van der Waals surface area contributed by atoms with Crippen molar-refractivity contribution in [1.29, 1.82) is 0 Å². The zero-order valence-electron chi connectivity index (χ0n) is 11.4. The molecule has 2 rings (SSSR count). The monoisotopic (exact) mass is 262 g/mol. The quantitative estimate of drug-likeness (QED) is 0.891. The van der Waals surface area contributed by atoms with Crippen molar-refractivity contribution >= 4 is 5.91 Å². The zero-order valence-corrected chi connectivity index (χ0v) is 11.4. The number of morpholine rings is 1. The molecule has 104 valence electrons. The number of ether oxygens (including phenoxy) is 1. The van der Waals surface area contributed by atoms with Crippen LogP contribution in [0.2, 0.25) is 0 Å². The van der Waals surface area contributed by atoms with Gasteiger partial charge in [-0.05, 0) is 12.0 Å². The summed E-state index contributed by atoms with van der Waals surface area (Å²) < 4.78 is 5.60. The molecule has 4 nitrogen and oxygen atoms in total.